The van der Waals surface area contributed by atoms with Gasteiger partial charge in [-0.1, -0.05) is 17.8 Å². The summed E-state index contributed by atoms with van der Waals surface area (Å²) in [7, 11) is 0. The Morgan fingerprint density at radius 2 is 1.69 bits per heavy atom. The molecular formula is C26H22IN5O2S2. The Hall–Kier alpha value is -2.96. The molecule has 1 aliphatic rings. The molecule has 2 aromatic carbocycles. The Labute approximate surface area is 232 Å². The maximum Gasteiger partial charge on any atom is 0.269 e. The summed E-state index contributed by atoms with van der Waals surface area (Å²) >= 11 is 9.82. The minimum atomic E-state index is -0.389. The molecule has 10 heteroatoms. The highest BCUT2D eigenvalue weighted by Crippen LogP contribution is 2.45. The third kappa shape index (κ3) is 4.72. The van der Waals surface area contributed by atoms with Crippen LogP contribution >= 0.6 is 46.6 Å². The van der Waals surface area contributed by atoms with Crippen molar-refractivity contribution in [3.8, 4) is 0 Å². The molecule has 0 radical (unpaired) electrons. The van der Waals surface area contributed by atoms with Crippen LogP contribution in [-0.4, -0.2) is 20.0 Å². The first-order chi connectivity index (χ1) is 17.3. The number of non-ortho nitro benzene ring substituents is 1. The highest BCUT2D eigenvalue weighted by atomic mass is 127. The number of rotatable bonds is 6. The average molecular weight is 628 g/mol. The van der Waals surface area contributed by atoms with Crippen molar-refractivity contribution in [1.82, 2.24) is 15.3 Å². The quantitative estimate of drug-likeness (QED) is 0.105. The fraction of sp³-hybridized carbons (Fsp3) is 0.154. The van der Waals surface area contributed by atoms with Gasteiger partial charge in [-0.15, -0.1) is 0 Å². The van der Waals surface area contributed by atoms with Gasteiger partial charge in [0.25, 0.3) is 5.69 Å². The Morgan fingerprint density at radius 3 is 2.25 bits per heavy atom. The summed E-state index contributed by atoms with van der Waals surface area (Å²) in [5.74, 6) is 0. The highest BCUT2D eigenvalue weighted by Gasteiger charge is 2.43. The van der Waals surface area contributed by atoms with Crippen molar-refractivity contribution in [1.29, 1.82) is 0 Å². The van der Waals surface area contributed by atoms with Gasteiger partial charge >= 0.3 is 0 Å². The molecule has 0 saturated carbocycles. The molecule has 182 valence electrons. The van der Waals surface area contributed by atoms with Gasteiger partial charge in [-0.2, -0.15) is 0 Å². The van der Waals surface area contributed by atoms with Crippen molar-refractivity contribution in [3.63, 3.8) is 0 Å². The van der Waals surface area contributed by atoms with Crippen LogP contribution in [0.1, 0.15) is 34.7 Å². The zero-order valence-corrected chi connectivity index (χ0v) is 23.2. The molecule has 5 rings (SSSR count). The standard InChI is InChI=1S/C26H22IN5O2S2/c1-15-22(23(27)16(2)29-15)25-24(21-5-3-4-14-28-21)30-26(35)31(25)17-6-10-19(11-7-17)36-20-12-8-18(9-13-20)32(33)34/h3-14,24-25,29H,1-2H3,(H,30,35)/t24-,25-/m1/s1. The number of thiocarbonyl (C=S) groups is 1. The lowest BCUT2D eigenvalue weighted by molar-refractivity contribution is -0.384. The van der Waals surface area contributed by atoms with Crippen molar-refractivity contribution in [3.05, 3.63) is 109 Å². The highest BCUT2D eigenvalue weighted by molar-refractivity contribution is 14.1. The first-order valence-corrected chi connectivity index (χ1v) is 13.5. The zero-order valence-electron chi connectivity index (χ0n) is 19.4. The van der Waals surface area contributed by atoms with Gasteiger partial charge in [0.1, 0.15) is 0 Å². The zero-order chi connectivity index (χ0) is 25.4. The minimum absolute atomic E-state index is 0.0718. The molecule has 4 aromatic rings. The first kappa shape index (κ1) is 24.7. The van der Waals surface area contributed by atoms with Gasteiger partial charge in [0.15, 0.2) is 5.11 Å². The van der Waals surface area contributed by atoms with E-state index in [2.05, 4.69) is 80.9 Å². The Morgan fingerprint density at radius 1 is 1.03 bits per heavy atom. The molecule has 2 N–H and O–H groups in total. The van der Waals surface area contributed by atoms with Crippen molar-refractivity contribution >= 4 is 63.1 Å². The third-order valence-corrected chi connectivity index (χ3v) is 8.86. The van der Waals surface area contributed by atoms with E-state index in [1.807, 2.05) is 24.4 Å². The molecule has 0 amide bonds. The molecular weight excluding hydrogens is 605 g/mol. The number of nitro benzene ring substituents is 1. The van der Waals surface area contributed by atoms with Crippen LogP contribution in [0, 0.1) is 27.5 Å². The van der Waals surface area contributed by atoms with E-state index in [1.54, 1.807) is 23.9 Å². The second-order valence-corrected chi connectivity index (χ2v) is 11.1. The second kappa shape index (κ2) is 10.2. The summed E-state index contributed by atoms with van der Waals surface area (Å²) in [5, 5.41) is 15.1. The van der Waals surface area contributed by atoms with Gasteiger partial charge in [-0.25, -0.2) is 0 Å². The van der Waals surface area contributed by atoms with Crippen LogP contribution in [0.15, 0.2) is 82.7 Å². The fourth-order valence-corrected chi connectivity index (χ4v) is 6.52. The first-order valence-electron chi connectivity index (χ1n) is 11.2. The van der Waals surface area contributed by atoms with E-state index in [9.17, 15) is 10.1 Å². The molecule has 0 unspecified atom stereocenters. The van der Waals surface area contributed by atoms with Crippen LogP contribution in [0.5, 0.6) is 0 Å². The largest absolute Gasteiger partial charge is 0.362 e. The Balaban J connectivity index is 1.48. The number of aryl methyl sites for hydroxylation is 2. The minimum Gasteiger partial charge on any atom is -0.362 e. The predicted molar refractivity (Wildman–Crippen MR) is 155 cm³/mol. The number of H-pyrrole nitrogens is 1. The number of aromatic amines is 1. The lowest BCUT2D eigenvalue weighted by Gasteiger charge is -2.28. The Kier molecular flexibility index (Phi) is 7.00. The van der Waals surface area contributed by atoms with Crippen LogP contribution < -0.4 is 10.2 Å². The molecule has 1 saturated heterocycles. The van der Waals surface area contributed by atoms with Crippen LogP contribution in [0.2, 0.25) is 0 Å². The molecule has 7 nitrogen and oxygen atoms in total. The van der Waals surface area contributed by atoms with E-state index < -0.39 is 0 Å². The molecule has 1 aliphatic heterocycles. The van der Waals surface area contributed by atoms with Crippen molar-refractivity contribution < 1.29 is 4.92 Å². The molecule has 2 aromatic heterocycles. The van der Waals surface area contributed by atoms with Crippen molar-refractivity contribution in [2.75, 3.05) is 4.90 Å². The van der Waals surface area contributed by atoms with Gasteiger partial charge in [-0.3, -0.25) is 15.1 Å². The fourth-order valence-electron chi connectivity index (χ4n) is 4.49. The molecule has 2 atom stereocenters. The number of nitro groups is 1. The third-order valence-electron chi connectivity index (χ3n) is 6.14. The lowest BCUT2D eigenvalue weighted by Crippen LogP contribution is -2.29. The summed E-state index contributed by atoms with van der Waals surface area (Å²) in [6.07, 6.45) is 1.81. The van der Waals surface area contributed by atoms with E-state index in [4.69, 9.17) is 12.2 Å². The molecule has 0 bridgehead atoms. The van der Waals surface area contributed by atoms with Gasteiger partial charge < -0.3 is 15.2 Å². The molecule has 0 spiro atoms. The van der Waals surface area contributed by atoms with Crippen LogP contribution in [0.4, 0.5) is 11.4 Å². The van der Waals surface area contributed by atoms with Gasteiger partial charge in [0, 0.05) is 54.3 Å². The smallest absolute Gasteiger partial charge is 0.269 e. The molecule has 36 heavy (non-hydrogen) atoms. The number of nitrogens with one attached hydrogen (secondary N) is 2. The van der Waals surface area contributed by atoms with Crippen LogP contribution in [0.25, 0.3) is 0 Å². The van der Waals surface area contributed by atoms with E-state index in [0.717, 1.165) is 32.6 Å². The van der Waals surface area contributed by atoms with Gasteiger partial charge in [0.2, 0.25) is 0 Å². The molecule has 3 heterocycles. The van der Waals surface area contributed by atoms with Crippen molar-refractivity contribution in [2.24, 2.45) is 0 Å². The number of hydrogen-bond donors (Lipinski definition) is 2. The average Bonchev–Trinajstić information content (AvgIpc) is 3.34. The van der Waals surface area contributed by atoms with E-state index in [1.165, 1.54) is 21.3 Å². The monoisotopic (exact) mass is 627 g/mol. The second-order valence-electron chi connectivity index (χ2n) is 8.45. The number of pyridine rings is 1. The lowest BCUT2D eigenvalue weighted by atomic mass is 9.96. The van der Waals surface area contributed by atoms with E-state index in [0.29, 0.717) is 5.11 Å². The number of anilines is 1. The summed E-state index contributed by atoms with van der Waals surface area (Å²) in [4.78, 5) is 22.8. The molecule has 1 fully saturated rings. The number of hydrogen-bond acceptors (Lipinski definition) is 5. The maximum atomic E-state index is 10.9. The van der Waals surface area contributed by atoms with Crippen LogP contribution in [0.3, 0.4) is 0 Å². The summed E-state index contributed by atoms with van der Waals surface area (Å²) in [5.41, 5.74) is 5.47. The number of benzene rings is 2. The van der Waals surface area contributed by atoms with Gasteiger partial charge in [0.05, 0.1) is 22.7 Å². The number of aromatic nitrogens is 2. The topological polar surface area (TPSA) is 87.1 Å². The predicted octanol–water partition coefficient (Wildman–Crippen LogP) is 6.87. The summed E-state index contributed by atoms with van der Waals surface area (Å²) < 4.78 is 1.19. The summed E-state index contributed by atoms with van der Waals surface area (Å²) in [6.45, 7) is 4.19. The van der Waals surface area contributed by atoms with E-state index >= 15 is 0 Å². The Bertz CT molecular complexity index is 1430. The van der Waals surface area contributed by atoms with Gasteiger partial charge in [-0.05, 0) is 97.2 Å². The number of halogens is 1. The summed E-state index contributed by atoms with van der Waals surface area (Å²) in [6, 6.07) is 20.6. The van der Waals surface area contributed by atoms with E-state index in [-0.39, 0.29) is 22.7 Å². The number of nitrogens with zero attached hydrogens (tertiary/aromatic N) is 3. The normalized spacial score (nSPS) is 17.3. The van der Waals surface area contributed by atoms with Crippen molar-refractivity contribution in [2.45, 2.75) is 35.7 Å². The SMILES string of the molecule is Cc1[nH]c(C)c([C@@H]2[C@@H](c3ccccn3)NC(=S)N2c2ccc(Sc3ccc([N+](=O)[O-])cc3)cc2)c1I. The molecule has 0 aliphatic carbocycles. The van der Waals surface area contributed by atoms with Crippen LogP contribution in [-0.2, 0) is 0 Å². The maximum absolute atomic E-state index is 10.9.